The summed E-state index contributed by atoms with van der Waals surface area (Å²) < 4.78 is 6.20. The number of aromatic nitrogens is 2. The molecular weight excluding hydrogens is 486 g/mol. The summed E-state index contributed by atoms with van der Waals surface area (Å²) in [4.78, 5) is 21.0. The Balaban J connectivity index is 1.25. The molecule has 1 amide bonds. The number of nitrogens with zero attached hydrogens (tertiary/aromatic N) is 1. The minimum atomic E-state index is -0.289. The van der Waals surface area contributed by atoms with Gasteiger partial charge in [-0.2, -0.15) is 0 Å². The molecule has 6 N–H and O–H groups in total. The van der Waals surface area contributed by atoms with Crippen LogP contribution in [0, 0.1) is 0 Å². The number of imidazole rings is 1. The molecule has 39 heavy (non-hydrogen) atoms. The van der Waals surface area contributed by atoms with Gasteiger partial charge in [-0.15, -0.1) is 0 Å². The monoisotopic (exact) mass is 511 g/mol. The third kappa shape index (κ3) is 5.01. The van der Waals surface area contributed by atoms with Gasteiger partial charge in [0.05, 0.1) is 11.4 Å². The molecule has 6 aromatic rings. The Morgan fingerprint density at radius 1 is 0.692 bits per heavy atom. The van der Waals surface area contributed by atoms with Crippen LogP contribution in [0.3, 0.4) is 0 Å². The van der Waals surface area contributed by atoms with Gasteiger partial charge in [0.1, 0.15) is 5.76 Å². The van der Waals surface area contributed by atoms with Gasteiger partial charge >= 0.3 is 0 Å². The van der Waals surface area contributed by atoms with E-state index in [2.05, 4.69) is 22.4 Å². The largest absolute Gasteiger partial charge is 0.453 e. The summed E-state index contributed by atoms with van der Waals surface area (Å²) in [5.41, 5.74) is 18.2. The van der Waals surface area contributed by atoms with Gasteiger partial charge in [-0.05, 0) is 54.6 Å². The van der Waals surface area contributed by atoms with Crippen LogP contribution in [-0.4, -0.2) is 15.9 Å². The van der Waals surface area contributed by atoms with E-state index in [4.69, 9.17) is 20.9 Å². The minimum Gasteiger partial charge on any atom is -0.453 e. The van der Waals surface area contributed by atoms with Crippen LogP contribution in [0.1, 0.15) is 10.4 Å². The quantitative estimate of drug-likeness (QED) is 0.178. The minimum absolute atomic E-state index is 0.289. The second kappa shape index (κ2) is 10.1. The zero-order valence-corrected chi connectivity index (χ0v) is 20.9. The summed E-state index contributed by atoms with van der Waals surface area (Å²) in [6, 6.07) is 36.2. The van der Waals surface area contributed by atoms with Crippen molar-refractivity contribution in [3.8, 4) is 45.4 Å². The average molecular weight is 512 g/mol. The number of carbonyl (C=O) groups is 1. The van der Waals surface area contributed by atoms with Gasteiger partial charge < -0.3 is 26.2 Å². The fourth-order valence-corrected chi connectivity index (χ4v) is 4.46. The number of nitrogen functional groups attached to an aromatic ring is 2. The number of hydrogen-bond donors (Lipinski definition) is 4. The molecule has 6 rings (SSSR count). The summed E-state index contributed by atoms with van der Waals surface area (Å²) >= 11 is 0. The second-order valence-corrected chi connectivity index (χ2v) is 9.12. The highest BCUT2D eigenvalue weighted by molar-refractivity contribution is 6.05. The van der Waals surface area contributed by atoms with Gasteiger partial charge in [-0.25, -0.2) is 4.98 Å². The number of hydrogen-bond acceptors (Lipinski definition) is 5. The Morgan fingerprint density at radius 3 is 1.97 bits per heavy atom. The number of H-pyrrole nitrogens is 1. The predicted octanol–water partition coefficient (Wildman–Crippen LogP) is 7.09. The summed E-state index contributed by atoms with van der Waals surface area (Å²) in [6.45, 7) is 0. The lowest BCUT2D eigenvalue weighted by molar-refractivity contribution is 0.102. The summed E-state index contributed by atoms with van der Waals surface area (Å²) in [5, 5.41) is 2.87. The number of nitrogens with two attached hydrogens (primary N) is 2. The van der Waals surface area contributed by atoms with Gasteiger partial charge in [0.2, 0.25) is 0 Å². The highest BCUT2D eigenvalue weighted by atomic mass is 16.3. The third-order valence-corrected chi connectivity index (χ3v) is 6.32. The van der Waals surface area contributed by atoms with Crippen molar-refractivity contribution < 1.29 is 9.21 Å². The van der Waals surface area contributed by atoms with Crippen molar-refractivity contribution >= 4 is 23.0 Å². The molecule has 7 nitrogen and oxygen atoms in total. The first-order valence-corrected chi connectivity index (χ1v) is 12.4. The molecule has 190 valence electrons. The van der Waals surface area contributed by atoms with E-state index >= 15 is 0 Å². The number of benzene rings is 4. The third-order valence-electron chi connectivity index (χ3n) is 6.32. The van der Waals surface area contributed by atoms with Crippen molar-refractivity contribution in [2.45, 2.75) is 0 Å². The molecular formula is C32H25N5O2. The van der Waals surface area contributed by atoms with Gasteiger partial charge in [-0.1, -0.05) is 60.7 Å². The molecule has 7 heteroatoms. The lowest BCUT2D eigenvalue weighted by Gasteiger charge is -2.07. The normalized spacial score (nSPS) is 10.9. The molecule has 2 heterocycles. The lowest BCUT2D eigenvalue weighted by Crippen LogP contribution is -2.12. The van der Waals surface area contributed by atoms with E-state index in [0.29, 0.717) is 40.0 Å². The van der Waals surface area contributed by atoms with Gasteiger partial charge in [0.15, 0.2) is 11.6 Å². The van der Waals surface area contributed by atoms with E-state index in [-0.39, 0.29) is 5.91 Å². The molecule has 2 aromatic heterocycles. The molecule has 0 atom stereocenters. The van der Waals surface area contributed by atoms with E-state index < -0.39 is 0 Å². The topological polar surface area (TPSA) is 123 Å². The molecule has 0 unspecified atom stereocenters. The molecule has 0 aliphatic rings. The number of nitrogens with one attached hydrogen (secondary N) is 2. The highest BCUT2D eigenvalue weighted by Gasteiger charge is 2.17. The number of carbonyl (C=O) groups excluding carboxylic acids is 1. The molecule has 0 aliphatic heterocycles. The molecule has 0 saturated carbocycles. The highest BCUT2D eigenvalue weighted by Crippen LogP contribution is 2.35. The Hall–Kier alpha value is -5.56. The van der Waals surface area contributed by atoms with E-state index in [1.54, 1.807) is 18.2 Å². The Morgan fingerprint density at radius 2 is 1.31 bits per heavy atom. The van der Waals surface area contributed by atoms with Crippen molar-refractivity contribution in [3.63, 3.8) is 0 Å². The molecule has 4 aromatic carbocycles. The van der Waals surface area contributed by atoms with Crippen molar-refractivity contribution in [1.29, 1.82) is 0 Å². The Labute approximate surface area is 225 Å². The zero-order chi connectivity index (χ0) is 26.8. The number of amides is 1. The maximum absolute atomic E-state index is 12.6. The average Bonchev–Trinajstić information content (AvgIpc) is 3.62. The molecule has 0 aliphatic carbocycles. The first kappa shape index (κ1) is 23.8. The Bertz CT molecular complexity index is 1680. The van der Waals surface area contributed by atoms with E-state index in [1.807, 2.05) is 84.9 Å². The number of rotatable bonds is 6. The van der Waals surface area contributed by atoms with Crippen LogP contribution in [0.15, 0.2) is 120 Å². The SMILES string of the molecule is Nc1cc(N)cc(C(=O)Nc2ccc(-c3ccc(-c4nc(-c5ccccc5)c(-c5ccccc5)[nH]4)o3)cc2)c1. The number of furan rings is 1. The van der Waals surface area contributed by atoms with E-state index in [9.17, 15) is 4.79 Å². The summed E-state index contributed by atoms with van der Waals surface area (Å²) in [7, 11) is 0. The summed E-state index contributed by atoms with van der Waals surface area (Å²) in [6.07, 6.45) is 0. The maximum Gasteiger partial charge on any atom is 0.255 e. The zero-order valence-electron chi connectivity index (χ0n) is 20.9. The van der Waals surface area contributed by atoms with Crippen LogP contribution in [-0.2, 0) is 0 Å². The van der Waals surface area contributed by atoms with Crippen LogP contribution < -0.4 is 16.8 Å². The van der Waals surface area contributed by atoms with Crippen LogP contribution in [0.25, 0.3) is 45.4 Å². The van der Waals surface area contributed by atoms with Crippen LogP contribution >= 0.6 is 0 Å². The van der Waals surface area contributed by atoms with Crippen molar-refractivity contribution in [2.24, 2.45) is 0 Å². The Kier molecular flexibility index (Phi) is 6.15. The van der Waals surface area contributed by atoms with Crippen LogP contribution in [0.5, 0.6) is 0 Å². The molecule has 0 bridgehead atoms. The summed E-state index contributed by atoms with van der Waals surface area (Å²) in [5.74, 6) is 1.67. The van der Waals surface area contributed by atoms with Crippen molar-refractivity contribution in [1.82, 2.24) is 9.97 Å². The van der Waals surface area contributed by atoms with E-state index in [0.717, 1.165) is 28.1 Å². The second-order valence-electron chi connectivity index (χ2n) is 9.12. The fraction of sp³-hybridized carbons (Fsp3) is 0. The van der Waals surface area contributed by atoms with E-state index in [1.165, 1.54) is 0 Å². The first-order chi connectivity index (χ1) is 19.0. The standard InChI is InChI=1S/C32H25N5O2/c33-24-17-23(18-25(34)19-24)32(38)35-26-13-11-20(12-14-26)27-15-16-28(39-27)31-36-29(21-7-3-1-4-8-21)30(37-31)22-9-5-2-6-10-22/h1-19H,33-34H2,(H,35,38)(H,36,37). The van der Waals surface area contributed by atoms with Crippen molar-refractivity contribution in [2.75, 3.05) is 16.8 Å². The molecule has 0 saturated heterocycles. The number of anilines is 3. The smallest absolute Gasteiger partial charge is 0.255 e. The molecule has 0 fully saturated rings. The molecule has 0 spiro atoms. The number of aromatic amines is 1. The van der Waals surface area contributed by atoms with Crippen LogP contribution in [0.2, 0.25) is 0 Å². The fourth-order valence-electron chi connectivity index (χ4n) is 4.46. The van der Waals surface area contributed by atoms with Gasteiger partial charge in [0, 0.05) is 39.3 Å². The predicted molar refractivity (Wildman–Crippen MR) is 156 cm³/mol. The lowest BCUT2D eigenvalue weighted by atomic mass is 10.1. The maximum atomic E-state index is 12.6. The van der Waals surface area contributed by atoms with Crippen LogP contribution in [0.4, 0.5) is 17.1 Å². The van der Waals surface area contributed by atoms with Gasteiger partial charge in [-0.3, -0.25) is 4.79 Å². The van der Waals surface area contributed by atoms with Gasteiger partial charge in [0.25, 0.3) is 5.91 Å². The van der Waals surface area contributed by atoms with Crippen molar-refractivity contribution in [3.05, 3.63) is 121 Å². The first-order valence-electron chi connectivity index (χ1n) is 12.4. The molecule has 0 radical (unpaired) electrons.